The third-order valence-electron chi connectivity index (χ3n) is 9.21. The molecule has 3 aliphatic heterocycles. The molecule has 10 heteroatoms. The van der Waals surface area contributed by atoms with Crippen molar-refractivity contribution in [3.05, 3.63) is 71.8 Å². The predicted octanol–water partition coefficient (Wildman–Crippen LogP) is 6.62. The fraction of sp³-hybridized carbons (Fsp3) is 0.622. The fourth-order valence-corrected chi connectivity index (χ4v) is 6.67. The summed E-state index contributed by atoms with van der Waals surface area (Å²) in [7, 11) is 0. The molecule has 2 aromatic carbocycles. The van der Waals surface area contributed by atoms with E-state index in [1.54, 1.807) is 0 Å². The molecule has 0 radical (unpaired) electrons. The van der Waals surface area contributed by atoms with E-state index in [2.05, 4.69) is 26.0 Å². The monoisotopic (exact) mass is 656 g/mol. The van der Waals surface area contributed by atoms with E-state index in [1.165, 1.54) is 13.8 Å². The number of fused-ring (bicyclic) bond motifs is 1. The Morgan fingerprint density at radius 2 is 1.11 bits per heavy atom. The zero-order chi connectivity index (χ0) is 34.2. The number of carbonyl (C=O) groups is 2. The van der Waals surface area contributed by atoms with Gasteiger partial charge in [-0.05, 0) is 50.7 Å². The molecule has 3 saturated heterocycles. The van der Waals surface area contributed by atoms with E-state index >= 15 is 0 Å². The van der Waals surface area contributed by atoms with Crippen LogP contribution in [0.4, 0.5) is 0 Å². The molecule has 0 spiro atoms. The largest absolute Gasteiger partial charge is 0.453 e. The van der Waals surface area contributed by atoms with Crippen LogP contribution in [0.2, 0.25) is 0 Å². The quantitative estimate of drug-likeness (QED) is 0.231. The van der Waals surface area contributed by atoms with Crippen LogP contribution in [0.3, 0.4) is 0 Å². The standard InChI is InChI=1S/C19H26O6.C18H26O4/c1-5-19(6-2)17(22-12-15-10-8-7-9-11-15)16(23-13(3)20)18(25-19)24-14(4)21;1-5-18(6-2)15(19-12-13-10-8-7-9-11-13)14-16(22-18)21-17(3,4)20-14/h7-11,16-18H,5-6,12H2,1-4H3;7-11,14-16H,5-6,12H2,1-4H3/t16-,17?,18?;14-,15?,16-/m00/s1. The van der Waals surface area contributed by atoms with Crippen LogP contribution in [0.5, 0.6) is 0 Å². The molecule has 6 atom stereocenters. The Hall–Kier alpha value is -2.86. The molecule has 0 bridgehead atoms. The highest BCUT2D eigenvalue weighted by molar-refractivity contribution is 5.67. The number of hydrogen-bond acceptors (Lipinski definition) is 10. The van der Waals surface area contributed by atoms with Crippen LogP contribution in [0, 0.1) is 0 Å². The van der Waals surface area contributed by atoms with Crippen molar-refractivity contribution in [2.75, 3.05) is 0 Å². The van der Waals surface area contributed by atoms with Crippen LogP contribution in [0.1, 0.15) is 92.2 Å². The van der Waals surface area contributed by atoms with Crippen LogP contribution in [0.25, 0.3) is 0 Å². The van der Waals surface area contributed by atoms with Gasteiger partial charge in [-0.25, -0.2) is 0 Å². The summed E-state index contributed by atoms with van der Waals surface area (Å²) in [6.45, 7) is 15.6. The smallest absolute Gasteiger partial charge is 0.305 e. The van der Waals surface area contributed by atoms with Gasteiger partial charge in [-0.1, -0.05) is 88.4 Å². The molecule has 0 aromatic heterocycles. The van der Waals surface area contributed by atoms with Gasteiger partial charge < -0.3 is 37.9 Å². The molecule has 5 rings (SSSR count). The van der Waals surface area contributed by atoms with Crippen LogP contribution in [-0.4, -0.2) is 65.9 Å². The maximum Gasteiger partial charge on any atom is 0.305 e. The maximum atomic E-state index is 11.6. The predicted molar refractivity (Wildman–Crippen MR) is 174 cm³/mol. The van der Waals surface area contributed by atoms with E-state index in [9.17, 15) is 9.59 Å². The van der Waals surface area contributed by atoms with Crippen LogP contribution >= 0.6 is 0 Å². The van der Waals surface area contributed by atoms with Crippen LogP contribution in [-0.2, 0) is 60.7 Å². The Kier molecular flexibility index (Phi) is 12.6. The summed E-state index contributed by atoms with van der Waals surface area (Å²) >= 11 is 0. The van der Waals surface area contributed by atoms with E-state index in [-0.39, 0.29) is 24.1 Å². The lowest BCUT2D eigenvalue weighted by molar-refractivity contribution is -0.246. The normalized spacial score (nSPS) is 28.2. The van der Waals surface area contributed by atoms with Crippen LogP contribution < -0.4 is 0 Å². The number of rotatable bonds is 12. The Bertz CT molecular complexity index is 1270. The third kappa shape index (κ3) is 8.79. The molecule has 3 aliphatic rings. The number of ether oxygens (including phenoxy) is 8. The minimum atomic E-state index is -0.970. The second-order valence-corrected chi connectivity index (χ2v) is 12.7. The van der Waals surface area contributed by atoms with Crippen molar-refractivity contribution in [2.24, 2.45) is 0 Å². The molecule has 10 nitrogen and oxygen atoms in total. The first-order chi connectivity index (χ1) is 22.4. The van der Waals surface area contributed by atoms with Crippen molar-refractivity contribution in [1.82, 2.24) is 0 Å². The third-order valence-corrected chi connectivity index (χ3v) is 9.21. The number of benzene rings is 2. The SMILES string of the molecule is CCC1(CC)OC(OC(C)=O)[C@@H](OC(C)=O)C1OCc1ccccc1.CCC1(CC)O[C@@H]2OC(C)(C)O[C@H]2C1OCc1ccccc1. The van der Waals surface area contributed by atoms with Gasteiger partial charge in [0.15, 0.2) is 18.2 Å². The minimum absolute atomic E-state index is 0.116. The highest BCUT2D eigenvalue weighted by Gasteiger charge is 2.61. The average Bonchev–Trinajstić information content (AvgIpc) is 3.62. The van der Waals surface area contributed by atoms with E-state index < -0.39 is 41.8 Å². The molecule has 3 fully saturated rings. The first kappa shape index (κ1) is 37.0. The van der Waals surface area contributed by atoms with Gasteiger partial charge in [0.1, 0.15) is 23.9 Å². The molecule has 47 heavy (non-hydrogen) atoms. The summed E-state index contributed by atoms with van der Waals surface area (Å²) in [5.74, 6) is -1.58. The van der Waals surface area contributed by atoms with Gasteiger partial charge in [-0.2, -0.15) is 0 Å². The lowest BCUT2D eigenvalue weighted by Gasteiger charge is -2.35. The summed E-state index contributed by atoms with van der Waals surface area (Å²) in [4.78, 5) is 23.0. The minimum Gasteiger partial charge on any atom is -0.453 e. The number of hydrogen-bond donors (Lipinski definition) is 0. The Morgan fingerprint density at radius 3 is 1.57 bits per heavy atom. The zero-order valence-electron chi connectivity index (χ0n) is 29.1. The van der Waals surface area contributed by atoms with E-state index in [0.29, 0.717) is 26.1 Å². The summed E-state index contributed by atoms with van der Waals surface area (Å²) in [6, 6.07) is 19.9. The zero-order valence-corrected chi connectivity index (χ0v) is 29.1. The molecule has 0 aliphatic carbocycles. The van der Waals surface area contributed by atoms with Crippen LogP contribution in [0.15, 0.2) is 60.7 Å². The van der Waals surface area contributed by atoms with Crippen molar-refractivity contribution in [3.8, 4) is 0 Å². The van der Waals surface area contributed by atoms with E-state index in [0.717, 1.165) is 24.0 Å². The van der Waals surface area contributed by atoms with Crippen molar-refractivity contribution < 1.29 is 47.5 Å². The second kappa shape index (κ2) is 16.0. The van der Waals surface area contributed by atoms with Gasteiger partial charge in [0.2, 0.25) is 6.29 Å². The Morgan fingerprint density at radius 1 is 0.638 bits per heavy atom. The summed E-state index contributed by atoms with van der Waals surface area (Å²) in [5.41, 5.74) is 1.14. The molecular formula is C37H52O10. The van der Waals surface area contributed by atoms with Gasteiger partial charge in [-0.3, -0.25) is 9.59 Å². The molecule has 0 saturated carbocycles. The van der Waals surface area contributed by atoms with Gasteiger partial charge in [0.05, 0.1) is 18.8 Å². The van der Waals surface area contributed by atoms with Crippen molar-refractivity contribution in [2.45, 2.75) is 148 Å². The van der Waals surface area contributed by atoms with E-state index in [1.807, 2.05) is 76.2 Å². The first-order valence-electron chi connectivity index (χ1n) is 16.8. The molecular weight excluding hydrogens is 604 g/mol. The Labute approximate surface area is 279 Å². The number of esters is 2. The maximum absolute atomic E-state index is 11.6. The number of carbonyl (C=O) groups excluding carboxylic acids is 2. The molecule has 2 aromatic rings. The average molecular weight is 657 g/mol. The van der Waals surface area contributed by atoms with Crippen molar-refractivity contribution >= 4 is 11.9 Å². The van der Waals surface area contributed by atoms with E-state index in [4.69, 9.17) is 37.9 Å². The van der Waals surface area contributed by atoms with Crippen molar-refractivity contribution in [1.29, 1.82) is 0 Å². The van der Waals surface area contributed by atoms with Gasteiger partial charge >= 0.3 is 11.9 Å². The fourth-order valence-electron chi connectivity index (χ4n) is 6.67. The highest BCUT2D eigenvalue weighted by Crippen LogP contribution is 2.47. The molecule has 3 unspecified atom stereocenters. The first-order valence-corrected chi connectivity index (χ1v) is 16.8. The van der Waals surface area contributed by atoms with Gasteiger partial charge in [-0.15, -0.1) is 0 Å². The Balaban J connectivity index is 0.000000214. The van der Waals surface area contributed by atoms with Gasteiger partial charge in [0.25, 0.3) is 0 Å². The van der Waals surface area contributed by atoms with Gasteiger partial charge in [0, 0.05) is 13.8 Å². The van der Waals surface area contributed by atoms with Crippen molar-refractivity contribution in [3.63, 3.8) is 0 Å². The molecule has 3 heterocycles. The lowest BCUT2D eigenvalue weighted by atomic mass is 9.89. The lowest BCUT2D eigenvalue weighted by Crippen LogP contribution is -2.46. The second-order valence-electron chi connectivity index (χ2n) is 12.7. The summed E-state index contributed by atoms with van der Waals surface area (Å²) < 4.78 is 47.3. The molecule has 0 amide bonds. The molecule has 260 valence electrons. The topological polar surface area (TPSA) is 108 Å². The summed E-state index contributed by atoms with van der Waals surface area (Å²) in [5, 5.41) is 0. The summed E-state index contributed by atoms with van der Waals surface area (Å²) in [6.07, 6.45) is 0.107. The highest BCUT2D eigenvalue weighted by atomic mass is 16.8. The molecule has 0 N–H and O–H groups in total.